The molecule has 0 aliphatic heterocycles. The van der Waals surface area contributed by atoms with Gasteiger partial charge in [-0.05, 0) is 30.7 Å². The maximum atomic E-state index is 12.0. The number of carbonyl (C=O) groups excluding carboxylic acids is 2. The van der Waals surface area contributed by atoms with E-state index in [1.165, 1.54) is 0 Å². The molecule has 0 unspecified atom stereocenters. The minimum Gasteiger partial charge on any atom is -0.352 e. The number of hydrogen-bond donors (Lipinski definition) is 2. The van der Waals surface area contributed by atoms with Crippen LogP contribution in [0.3, 0.4) is 0 Å². The number of benzene rings is 2. The molecule has 2 aromatic carbocycles. The van der Waals surface area contributed by atoms with Crippen LogP contribution in [0.1, 0.15) is 22.3 Å². The maximum absolute atomic E-state index is 12.0. The van der Waals surface area contributed by atoms with Crippen LogP contribution in [0, 0.1) is 6.92 Å². The second-order valence-corrected chi connectivity index (χ2v) is 5.26. The van der Waals surface area contributed by atoms with E-state index in [4.69, 9.17) is 11.6 Å². The van der Waals surface area contributed by atoms with Crippen LogP contribution < -0.4 is 10.6 Å². The number of halogens is 1. The molecule has 22 heavy (non-hydrogen) atoms. The molecule has 0 atom stereocenters. The zero-order valence-electron chi connectivity index (χ0n) is 12.2. The SMILES string of the molecule is Cc1ccccc1C(=O)NCCC(=O)Nc1ccccc1Cl. The molecule has 2 amide bonds. The Hall–Kier alpha value is -2.33. The van der Waals surface area contributed by atoms with E-state index >= 15 is 0 Å². The van der Waals surface area contributed by atoms with E-state index in [2.05, 4.69) is 10.6 Å². The third-order valence-electron chi connectivity index (χ3n) is 3.18. The molecular weight excluding hydrogens is 300 g/mol. The fourth-order valence-electron chi connectivity index (χ4n) is 1.99. The summed E-state index contributed by atoms with van der Waals surface area (Å²) in [5.74, 6) is -0.373. The van der Waals surface area contributed by atoms with Gasteiger partial charge in [0, 0.05) is 18.5 Å². The van der Waals surface area contributed by atoms with E-state index in [1.807, 2.05) is 25.1 Å². The van der Waals surface area contributed by atoms with Gasteiger partial charge in [-0.3, -0.25) is 9.59 Å². The summed E-state index contributed by atoms with van der Waals surface area (Å²) >= 11 is 5.97. The first-order valence-corrected chi connectivity index (χ1v) is 7.34. The molecule has 2 aromatic rings. The van der Waals surface area contributed by atoms with Gasteiger partial charge in [-0.15, -0.1) is 0 Å². The molecule has 0 radical (unpaired) electrons. The van der Waals surface area contributed by atoms with Crippen molar-refractivity contribution in [1.29, 1.82) is 0 Å². The number of anilines is 1. The number of hydrogen-bond acceptors (Lipinski definition) is 2. The Kier molecular flexibility index (Phi) is 5.55. The first kappa shape index (κ1) is 16.0. The molecule has 0 aliphatic rings. The van der Waals surface area contributed by atoms with Crippen LogP contribution in [-0.2, 0) is 4.79 Å². The number of nitrogens with one attached hydrogen (secondary N) is 2. The Balaban J connectivity index is 1.81. The average Bonchev–Trinajstić information content (AvgIpc) is 2.50. The number of amides is 2. The fourth-order valence-corrected chi connectivity index (χ4v) is 2.17. The molecule has 0 heterocycles. The topological polar surface area (TPSA) is 58.2 Å². The average molecular weight is 317 g/mol. The summed E-state index contributed by atoms with van der Waals surface area (Å²) in [6, 6.07) is 14.3. The highest BCUT2D eigenvalue weighted by atomic mass is 35.5. The van der Waals surface area contributed by atoms with Crippen LogP contribution in [0.15, 0.2) is 48.5 Å². The Morgan fingerprint density at radius 2 is 1.73 bits per heavy atom. The molecule has 0 spiro atoms. The van der Waals surface area contributed by atoms with Gasteiger partial charge >= 0.3 is 0 Å². The van der Waals surface area contributed by atoms with Crippen molar-refractivity contribution >= 4 is 29.1 Å². The Labute approximate surface area is 134 Å². The predicted molar refractivity (Wildman–Crippen MR) is 88.2 cm³/mol. The summed E-state index contributed by atoms with van der Waals surface area (Å²) in [6.45, 7) is 2.14. The van der Waals surface area contributed by atoms with Crippen molar-refractivity contribution < 1.29 is 9.59 Å². The maximum Gasteiger partial charge on any atom is 0.251 e. The first-order chi connectivity index (χ1) is 10.6. The number of aryl methyl sites for hydroxylation is 1. The van der Waals surface area contributed by atoms with Gasteiger partial charge in [0.05, 0.1) is 10.7 Å². The first-order valence-electron chi connectivity index (χ1n) is 6.96. The van der Waals surface area contributed by atoms with E-state index in [9.17, 15) is 9.59 Å². The van der Waals surface area contributed by atoms with Gasteiger partial charge in [0.2, 0.25) is 5.91 Å². The van der Waals surface area contributed by atoms with Crippen molar-refractivity contribution in [3.63, 3.8) is 0 Å². The Morgan fingerprint density at radius 1 is 1.05 bits per heavy atom. The van der Waals surface area contributed by atoms with Crippen molar-refractivity contribution in [3.05, 3.63) is 64.7 Å². The lowest BCUT2D eigenvalue weighted by atomic mass is 10.1. The molecule has 5 heteroatoms. The molecule has 4 nitrogen and oxygen atoms in total. The van der Waals surface area contributed by atoms with E-state index < -0.39 is 0 Å². The highest BCUT2D eigenvalue weighted by Gasteiger charge is 2.09. The zero-order chi connectivity index (χ0) is 15.9. The smallest absolute Gasteiger partial charge is 0.251 e. The van der Waals surface area contributed by atoms with Gasteiger partial charge in [0.25, 0.3) is 5.91 Å². The fraction of sp³-hybridized carbons (Fsp3) is 0.176. The third-order valence-corrected chi connectivity index (χ3v) is 3.50. The molecule has 2 N–H and O–H groups in total. The van der Waals surface area contributed by atoms with Gasteiger partial charge in [-0.1, -0.05) is 41.9 Å². The molecule has 0 saturated carbocycles. The number of para-hydroxylation sites is 1. The normalized spacial score (nSPS) is 10.1. The Bertz CT molecular complexity index is 686. The highest BCUT2D eigenvalue weighted by Crippen LogP contribution is 2.20. The van der Waals surface area contributed by atoms with Crippen molar-refractivity contribution in [2.75, 3.05) is 11.9 Å². The molecule has 0 aliphatic carbocycles. The van der Waals surface area contributed by atoms with Crippen LogP contribution in [0.2, 0.25) is 5.02 Å². The van der Waals surface area contributed by atoms with Crippen molar-refractivity contribution in [1.82, 2.24) is 5.32 Å². The quantitative estimate of drug-likeness (QED) is 0.888. The Morgan fingerprint density at radius 3 is 2.45 bits per heavy atom. The van der Waals surface area contributed by atoms with Crippen molar-refractivity contribution in [3.8, 4) is 0 Å². The van der Waals surface area contributed by atoms with Crippen LogP contribution in [0.4, 0.5) is 5.69 Å². The molecule has 114 valence electrons. The molecular formula is C17H17ClN2O2. The van der Waals surface area contributed by atoms with Crippen molar-refractivity contribution in [2.24, 2.45) is 0 Å². The molecule has 0 bridgehead atoms. The minimum absolute atomic E-state index is 0.177. The van der Waals surface area contributed by atoms with E-state index in [0.717, 1.165) is 5.56 Å². The summed E-state index contributed by atoms with van der Waals surface area (Å²) in [7, 11) is 0. The van der Waals surface area contributed by atoms with Gasteiger partial charge in [-0.25, -0.2) is 0 Å². The highest BCUT2D eigenvalue weighted by molar-refractivity contribution is 6.33. The molecule has 2 rings (SSSR count). The summed E-state index contributed by atoms with van der Waals surface area (Å²) in [5, 5.41) is 5.94. The van der Waals surface area contributed by atoms with E-state index in [0.29, 0.717) is 16.3 Å². The third kappa shape index (κ3) is 4.33. The minimum atomic E-state index is -0.196. The lowest BCUT2D eigenvalue weighted by Gasteiger charge is -2.09. The van der Waals surface area contributed by atoms with E-state index in [-0.39, 0.29) is 24.8 Å². The van der Waals surface area contributed by atoms with Crippen molar-refractivity contribution in [2.45, 2.75) is 13.3 Å². The summed E-state index contributed by atoms with van der Waals surface area (Å²) < 4.78 is 0. The second-order valence-electron chi connectivity index (χ2n) is 4.85. The van der Waals surface area contributed by atoms with Gasteiger partial charge in [0.1, 0.15) is 0 Å². The molecule has 0 fully saturated rings. The number of carbonyl (C=O) groups is 2. The second kappa shape index (κ2) is 7.61. The lowest BCUT2D eigenvalue weighted by Crippen LogP contribution is -2.28. The lowest BCUT2D eigenvalue weighted by molar-refractivity contribution is -0.116. The summed E-state index contributed by atoms with van der Waals surface area (Å²) in [6.07, 6.45) is 0.183. The van der Waals surface area contributed by atoms with Crippen LogP contribution in [0.5, 0.6) is 0 Å². The van der Waals surface area contributed by atoms with Gasteiger partial charge < -0.3 is 10.6 Å². The largest absolute Gasteiger partial charge is 0.352 e. The summed E-state index contributed by atoms with van der Waals surface area (Å²) in [5.41, 5.74) is 2.09. The monoisotopic (exact) mass is 316 g/mol. The van der Waals surface area contributed by atoms with Gasteiger partial charge in [-0.2, -0.15) is 0 Å². The molecule has 0 saturated heterocycles. The van der Waals surface area contributed by atoms with Crippen LogP contribution in [-0.4, -0.2) is 18.4 Å². The van der Waals surface area contributed by atoms with Crippen LogP contribution in [0.25, 0.3) is 0 Å². The predicted octanol–water partition coefficient (Wildman–Crippen LogP) is 3.41. The van der Waals surface area contributed by atoms with E-state index in [1.54, 1.807) is 30.3 Å². The summed E-state index contributed by atoms with van der Waals surface area (Å²) in [4.78, 5) is 23.8. The molecule has 0 aromatic heterocycles. The van der Waals surface area contributed by atoms with Gasteiger partial charge in [0.15, 0.2) is 0 Å². The van der Waals surface area contributed by atoms with Crippen LogP contribution >= 0.6 is 11.6 Å². The standard InChI is InChI=1S/C17H17ClN2O2/c1-12-6-2-3-7-13(12)17(22)19-11-10-16(21)20-15-9-5-4-8-14(15)18/h2-9H,10-11H2,1H3,(H,19,22)(H,20,21). The zero-order valence-corrected chi connectivity index (χ0v) is 13.0. The number of rotatable bonds is 5.